The van der Waals surface area contributed by atoms with Crippen LogP contribution in [0.1, 0.15) is 12.0 Å². The average Bonchev–Trinajstić information content (AvgIpc) is 3.05. The number of rotatable bonds is 6. The third-order valence-corrected chi connectivity index (χ3v) is 6.40. The van der Waals surface area contributed by atoms with Crippen LogP contribution < -0.4 is 4.90 Å². The molecule has 1 saturated heterocycles. The number of benzene rings is 2. The lowest BCUT2D eigenvalue weighted by Crippen LogP contribution is -2.27. The zero-order valence-corrected chi connectivity index (χ0v) is 15.6. The molecule has 142 valence electrons. The molecule has 27 heavy (non-hydrogen) atoms. The Bertz CT molecular complexity index is 942. The van der Waals surface area contributed by atoms with Crippen LogP contribution in [0.3, 0.4) is 0 Å². The van der Waals surface area contributed by atoms with Crippen LogP contribution in [0.5, 0.6) is 0 Å². The van der Waals surface area contributed by atoms with E-state index >= 15 is 0 Å². The number of carbonyl (C=O) groups is 2. The maximum Gasteiger partial charge on any atom is 0.308 e. The summed E-state index contributed by atoms with van der Waals surface area (Å²) in [6, 6.07) is 15.2. The number of carbonyl (C=O) groups excluding carboxylic acids is 1. The topological polar surface area (TPSA) is 95.0 Å². The van der Waals surface area contributed by atoms with E-state index in [1.54, 1.807) is 0 Å². The van der Waals surface area contributed by atoms with Crippen molar-refractivity contribution in [1.29, 1.82) is 0 Å². The van der Waals surface area contributed by atoms with Gasteiger partial charge in [0.25, 0.3) is 0 Å². The summed E-state index contributed by atoms with van der Waals surface area (Å²) in [5.41, 5.74) is 1.37. The van der Waals surface area contributed by atoms with Crippen molar-refractivity contribution in [1.82, 2.24) is 4.31 Å². The number of amides is 1. The van der Waals surface area contributed by atoms with E-state index in [2.05, 4.69) is 0 Å². The lowest BCUT2D eigenvalue weighted by atomic mass is 10.1. The van der Waals surface area contributed by atoms with Gasteiger partial charge in [0, 0.05) is 32.2 Å². The smallest absolute Gasteiger partial charge is 0.308 e. The SMILES string of the molecule is CN(Cc1ccccc1)S(=O)(=O)c1ccc(N2CC(C(=O)O)CC2=O)cc1. The number of anilines is 1. The molecule has 0 radical (unpaired) electrons. The van der Waals surface area contributed by atoms with E-state index in [-0.39, 0.29) is 30.3 Å². The largest absolute Gasteiger partial charge is 0.481 e. The first kappa shape index (κ1) is 19.1. The molecule has 1 N–H and O–H groups in total. The van der Waals surface area contributed by atoms with Crippen LogP contribution in [-0.2, 0) is 26.2 Å². The van der Waals surface area contributed by atoms with Gasteiger partial charge in [-0.3, -0.25) is 9.59 Å². The van der Waals surface area contributed by atoms with Crippen LogP contribution in [0.2, 0.25) is 0 Å². The van der Waals surface area contributed by atoms with Crippen molar-refractivity contribution in [3.05, 3.63) is 60.2 Å². The molecule has 1 atom stereocenters. The highest BCUT2D eigenvalue weighted by molar-refractivity contribution is 7.89. The van der Waals surface area contributed by atoms with Gasteiger partial charge in [-0.2, -0.15) is 4.31 Å². The predicted molar refractivity (Wildman–Crippen MR) is 99.6 cm³/mol. The number of hydrogen-bond acceptors (Lipinski definition) is 4. The molecular weight excluding hydrogens is 368 g/mol. The van der Waals surface area contributed by atoms with E-state index in [0.717, 1.165) is 5.56 Å². The normalized spacial score (nSPS) is 17.5. The molecule has 2 aromatic carbocycles. The first-order chi connectivity index (χ1) is 12.8. The fourth-order valence-electron chi connectivity index (χ4n) is 3.03. The van der Waals surface area contributed by atoms with Crippen LogP contribution in [0.15, 0.2) is 59.5 Å². The second-order valence-corrected chi connectivity index (χ2v) is 8.53. The van der Waals surface area contributed by atoms with Gasteiger partial charge in [0.1, 0.15) is 0 Å². The van der Waals surface area contributed by atoms with Gasteiger partial charge >= 0.3 is 5.97 Å². The lowest BCUT2D eigenvalue weighted by Gasteiger charge is -2.19. The summed E-state index contributed by atoms with van der Waals surface area (Å²) in [6.45, 7) is 0.337. The first-order valence-corrected chi connectivity index (χ1v) is 9.86. The Balaban J connectivity index is 1.76. The number of carboxylic acids is 1. The van der Waals surface area contributed by atoms with Crippen molar-refractivity contribution in [2.24, 2.45) is 5.92 Å². The maximum absolute atomic E-state index is 12.7. The van der Waals surface area contributed by atoms with Crippen molar-refractivity contribution < 1.29 is 23.1 Å². The minimum absolute atomic E-state index is 0.0464. The second kappa shape index (κ2) is 7.50. The zero-order chi connectivity index (χ0) is 19.6. The Morgan fingerprint density at radius 1 is 1.15 bits per heavy atom. The minimum Gasteiger partial charge on any atom is -0.481 e. The van der Waals surface area contributed by atoms with Crippen molar-refractivity contribution >= 4 is 27.6 Å². The molecule has 1 fully saturated rings. The van der Waals surface area contributed by atoms with Gasteiger partial charge in [-0.15, -0.1) is 0 Å². The molecule has 0 spiro atoms. The molecular formula is C19H20N2O5S. The summed E-state index contributed by atoms with van der Waals surface area (Å²) in [5.74, 6) is -2.02. The van der Waals surface area contributed by atoms with Crippen LogP contribution in [0.25, 0.3) is 0 Å². The molecule has 8 heteroatoms. The summed E-state index contributed by atoms with van der Waals surface area (Å²) in [5, 5.41) is 9.06. The number of hydrogen-bond donors (Lipinski definition) is 1. The summed E-state index contributed by atoms with van der Waals surface area (Å²) in [4.78, 5) is 24.6. The van der Waals surface area contributed by atoms with E-state index in [1.165, 1.54) is 40.5 Å². The van der Waals surface area contributed by atoms with Crippen LogP contribution in [-0.4, -0.2) is 43.3 Å². The first-order valence-electron chi connectivity index (χ1n) is 8.42. The molecule has 1 unspecified atom stereocenters. The van der Waals surface area contributed by atoms with Gasteiger partial charge < -0.3 is 10.0 Å². The van der Waals surface area contributed by atoms with E-state index in [0.29, 0.717) is 5.69 Å². The number of sulfonamides is 1. The average molecular weight is 388 g/mol. The predicted octanol–water partition coefficient (Wildman–Crippen LogP) is 1.94. The molecule has 7 nitrogen and oxygen atoms in total. The second-order valence-electron chi connectivity index (χ2n) is 6.48. The summed E-state index contributed by atoms with van der Waals surface area (Å²) >= 11 is 0. The summed E-state index contributed by atoms with van der Waals surface area (Å²) in [7, 11) is -2.17. The van der Waals surface area contributed by atoms with Crippen molar-refractivity contribution in [3.63, 3.8) is 0 Å². The third kappa shape index (κ3) is 4.01. The van der Waals surface area contributed by atoms with E-state index < -0.39 is 21.9 Å². The molecule has 2 aromatic rings. The zero-order valence-electron chi connectivity index (χ0n) is 14.8. The summed E-state index contributed by atoms with van der Waals surface area (Å²) < 4.78 is 26.7. The van der Waals surface area contributed by atoms with E-state index in [4.69, 9.17) is 5.11 Å². The Morgan fingerprint density at radius 2 is 1.78 bits per heavy atom. The highest BCUT2D eigenvalue weighted by Crippen LogP contribution is 2.27. The standard InChI is InChI=1S/C19H20N2O5S/c1-20(12-14-5-3-2-4-6-14)27(25,26)17-9-7-16(8-10-17)21-13-15(19(23)24)11-18(21)22/h2-10,15H,11-13H2,1H3,(H,23,24). The number of aliphatic carboxylic acids is 1. The fourth-order valence-corrected chi connectivity index (χ4v) is 4.18. The molecule has 1 aliphatic rings. The molecule has 0 aliphatic carbocycles. The van der Waals surface area contributed by atoms with Gasteiger partial charge in [-0.05, 0) is 29.8 Å². The monoisotopic (exact) mass is 388 g/mol. The number of nitrogens with zero attached hydrogens (tertiary/aromatic N) is 2. The number of carboxylic acid groups (broad SMARTS) is 1. The van der Waals surface area contributed by atoms with Gasteiger partial charge in [0.05, 0.1) is 10.8 Å². The lowest BCUT2D eigenvalue weighted by molar-refractivity contribution is -0.141. The highest BCUT2D eigenvalue weighted by atomic mass is 32.2. The molecule has 1 amide bonds. The third-order valence-electron chi connectivity index (χ3n) is 4.58. The summed E-state index contributed by atoms with van der Waals surface area (Å²) in [6.07, 6.45) is -0.0464. The van der Waals surface area contributed by atoms with Crippen LogP contribution in [0, 0.1) is 5.92 Å². The van der Waals surface area contributed by atoms with Crippen molar-refractivity contribution in [2.45, 2.75) is 17.9 Å². The molecule has 1 aliphatic heterocycles. The van der Waals surface area contributed by atoms with Crippen LogP contribution >= 0.6 is 0 Å². The Kier molecular flexibility index (Phi) is 5.29. The Labute approximate surface area is 157 Å². The molecule has 0 aromatic heterocycles. The Hall–Kier alpha value is -2.71. The highest BCUT2D eigenvalue weighted by Gasteiger charge is 2.35. The quantitative estimate of drug-likeness (QED) is 0.816. The van der Waals surface area contributed by atoms with Gasteiger partial charge in [0.15, 0.2) is 0 Å². The fraction of sp³-hybridized carbons (Fsp3) is 0.263. The molecule has 3 rings (SSSR count). The van der Waals surface area contributed by atoms with Crippen molar-refractivity contribution in [2.75, 3.05) is 18.5 Å². The van der Waals surface area contributed by atoms with Gasteiger partial charge in [-0.1, -0.05) is 30.3 Å². The molecule has 1 heterocycles. The Morgan fingerprint density at radius 3 is 2.33 bits per heavy atom. The van der Waals surface area contributed by atoms with E-state index in [1.807, 2.05) is 30.3 Å². The van der Waals surface area contributed by atoms with E-state index in [9.17, 15) is 18.0 Å². The molecule has 0 saturated carbocycles. The molecule has 0 bridgehead atoms. The minimum atomic E-state index is -3.68. The van der Waals surface area contributed by atoms with Gasteiger partial charge in [-0.25, -0.2) is 8.42 Å². The maximum atomic E-state index is 12.7. The van der Waals surface area contributed by atoms with Gasteiger partial charge in [0.2, 0.25) is 15.9 Å². The van der Waals surface area contributed by atoms with Crippen molar-refractivity contribution in [3.8, 4) is 0 Å². The van der Waals surface area contributed by atoms with Crippen LogP contribution in [0.4, 0.5) is 5.69 Å².